The van der Waals surface area contributed by atoms with Crippen molar-refractivity contribution in [3.63, 3.8) is 0 Å². The molecule has 24 heavy (non-hydrogen) atoms. The van der Waals surface area contributed by atoms with Gasteiger partial charge in [0.05, 0.1) is 6.54 Å². The van der Waals surface area contributed by atoms with Crippen molar-refractivity contribution in [2.24, 2.45) is 0 Å². The number of benzene rings is 2. The van der Waals surface area contributed by atoms with Crippen LogP contribution in [0.5, 0.6) is 5.75 Å². The summed E-state index contributed by atoms with van der Waals surface area (Å²) in [5, 5.41) is 14.4. The van der Waals surface area contributed by atoms with Crippen molar-refractivity contribution in [2.45, 2.75) is 13.0 Å². The Morgan fingerprint density at radius 1 is 1.00 bits per heavy atom. The standard InChI is InChI=1S/C18H18N2O4/c1-12(21)11-19-18(24)16(13-5-3-2-4-6-13)20-17(23)14-7-9-15(22)10-8-14/h2-10,16,22H,11H2,1H3,(H,19,24)(H,20,23). The second kappa shape index (κ2) is 7.92. The first kappa shape index (κ1) is 17.2. The van der Waals surface area contributed by atoms with Crippen LogP contribution in [0.4, 0.5) is 0 Å². The van der Waals surface area contributed by atoms with E-state index in [4.69, 9.17) is 0 Å². The highest BCUT2D eigenvalue weighted by Crippen LogP contribution is 2.15. The zero-order chi connectivity index (χ0) is 17.5. The number of phenolic OH excluding ortho intramolecular Hbond substituents is 1. The molecule has 2 aromatic rings. The molecule has 0 heterocycles. The van der Waals surface area contributed by atoms with E-state index in [1.807, 2.05) is 0 Å². The Morgan fingerprint density at radius 2 is 1.62 bits per heavy atom. The van der Waals surface area contributed by atoms with Crippen LogP contribution in [0.1, 0.15) is 28.9 Å². The molecule has 6 heteroatoms. The summed E-state index contributed by atoms with van der Waals surface area (Å²) in [6.45, 7) is 1.27. The molecular formula is C18H18N2O4. The summed E-state index contributed by atoms with van der Waals surface area (Å²) in [6.07, 6.45) is 0. The second-order valence-corrected chi connectivity index (χ2v) is 5.28. The first-order valence-corrected chi connectivity index (χ1v) is 7.39. The summed E-state index contributed by atoms with van der Waals surface area (Å²) in [5.74, 6) is -1.06. The molecule has 2 rings (SSSR count). The Kier molecular flexibility index (Phi) is 5.68. The maximum Gasteiger partial charge on any atom is 0.252 e. The number of amides is 2. The van der Waals surface area contributed by atoms with Gasteiger partial charge in [-0.3, -0.25) is 14.4 Å². The minimum atomic E-state index is -0.924. The van der Waals surface area contributed by atoms with Crippen LogP contribution in [0.2, 0.25) is 0 Å². The molecule has 0 radical (unpaired) electrons. The number of carbonyl (C=O) groups excluding carboxylic acids is 3. The summed E-state index contributed by atoms with van der Waals surface area (Å²) >= 11 is 0. The molecule has 6 nitrogen and oxygen atoms in total. The van der Waals surface area contributed by atoms with Crippen LogP contribution >= 0.6 is 0 Å². The number of ketones is 1. The summed E-state index contributed by atoms with van der Waals surface area (Å²) in [6, 6.07) is 13.5. The van der Waals surface area contributed by atoms with Crippen LogP contribution < -0.4 is 10.6 Å². The molecule has 3 N–H and O–H groups in total. The number of aromatic hydroxyl groups is 1. The predicted octanol–water partition coefficient (Wildman–Crippen LogP) is 1.57. The minimum Gasteiger partial charge on any atom is -0.508 e. The zero-order valence-electron chi connectivity index (χ0n) is 13.2. The van der Waals surface area contributed by atoms with E-state index in [-0.39, 0.29) is 18.1 Å². The van der Waals surface area contributed by atoms with Crippen molar-refractivity contribution in [2.75, 3.05) is 6.54 Å². The van der Waals surface area contributed by atoms with Gasteiger partial charge in [-0.25, -0.2) is 0 Å². The summed E-state index contributed by atoms with van der Waals surface area (Å²) < 4.78 is 0. The molecule has 0 aliphatic carbocycles. The van der Waals surface area contributed by atoms with Crippen molar-refractivity contribution in [1.82, 2.24) is 10.6 Å². The number of phenols is 1. The number of nitrogens with one attached hydrogen (secondary N) is 2. The molecule has 2 aromatic carbocycles. The van der Waals surface area contributed by atoms with E-state index in [1.54, 1.807) is 30.3 Å². The van der Waals surface area contributed by atoms with Crippen LogP contribution in [0, 0.1) is 0 Å². The normalized spacial score (nSPS) is 11.4. The third-order valence-electron chi connectivity index (χ3n) is 3.31. The highest BCUT2D eigenvalue weighted by molar-refractivity contribution is 5.98. The van der Waals surface area contributed by atoms with Crippen molar-refractivity contribution in [1.29, 1.82) is 0 Å². The van der Waals surface area contributed by atoms with Crippen LogP contribution in [-0.2, 0) is 9.59 Å². The Hall–Kier alpha value is -3.15. The second-order valence-electron chi connectivity index (χ2n) is 5.28. The van der Waals surface area contributed by atoms with Crippen molar-refractivity contribution in [3.8, 4) is 5.75 Å². The van der Waals surface area contributed by atoms with E-state index in [2.05, 4.69) is 10.6 Å². The number of hydrogen-bond acceptors (Lipinski definition) is 4. The maximum absolute atomic E-state index is 12.4. The largest absolute Gasteiger partial charge is 0.508 e. The number of Topliss-reactive ketones (excluding diaryl/α,β-unsaturated/α-hetero) is 1. The fourth-order valence-electron chi connectivity index (χ4n) is 2.09. The van der Waals surface area contributed by atoms with Crippen LogP contribution in [0.15, 0.2) is 54.6 Å². The molecule has 0 saturated heterocycles. The highest BCUT2D eigenvalue weighted by atomic mass is 16.3. The average Bonchev–Trinajstić information content (AvgIpc) is 2.58. The molecule has 0 bridgehead atoms. The van der Waals surface area contributed by atoms with Crippen molar-refractivity contribution < 1.29 is 19.5 Å². The minimum absolute atomic E-state index is 0.0466. The molecule has 0 saturated carbocycles. The SMILES string of the molecule is CC(=O)CNC(=O)C(NC(=O)c1ccc(O)cc1)c1ccccc1. The first-order chi connectivity index (χ1) is 11.5. The van der Waals surface area contributed by atoms with Gasteiger partial charge in [0, 0.05) is 5.56 Å². The quantitative estimate of drug-likeness (QED) is 0.751. The molecule has 124 valence electrons. The van der Waals surface area contributed by atoms with Crippen LogP contribution in [-0.4, -0.2) is 29.2 Å². The lowest BCUT2D eigenvalue weighted by Crippen LogP contribution is -2.41. The van der Waals surface area contributed by atoms with Crippen LogP contribution in [0.3, 0.4) is 0 Å². The summed E-state index contributed by atoms with van der Waals surface area (Å²) in [4.78, 5) is 35.8. The van der Waals surface area contributed by atoms with Gasteiger partial charge in [0.1, 0.15) is 17.6 Å². The van der Waals surface area contributed by atoms with Gasteiger partial charge in [-0.1, -0.05) is 30.3 Å². The molecule has 0 aromatic heterocycles. The Labute approximate surface area is 139 Å². The predicted molar refractivity (Wildman–Crippen MR) is 88.4 cm³/mol. The third-order valence-corrected chi connectivity index (χ3v) is 3.31. The van der Waals surface area contributed by atoms with Gasteiger partial charge in [0.25, 0.3) is 5.91 Å². The smallest absolute Gasteiger partial charge is 0.252 e. The van der Waals surface area contributed by atoms with E-state index < -0.39 is 17.9 Å². The van der Waals surface area contributed by atoms with Crippen LogP contribution in [0.25, 0.3) is 0 Å². The van der Waals surface area contributed by atoms with E-state index in [9.17, 15) is 19.5 Å². The lowest BCUT2D eigenvalue weighted by Gasteiger charge is -2.18. The maximum atomic E-state index is 12.4. The monoisotopic (exact) mass is 326 g/mol. The molecule has 0 aliphatic rings. The highest BCUT2D eigenvalue weighted by Gasteiger charge is 2.23. The third kappa shape index (κ3) is 4.67. The van der Waals surface area contributed by atoms with Crippen molar-refractivity contribution in [3.05, 3.63) is 65.7 Å². The Bertz CT molecular complexity index is 726. The van der Waals surface area contributed by atoms with Gasteiger partial charge in [0.15, 0.2) is 0 Å². The van der Waals surface area contributed by atoms with Crippen molar-refractivity contribution >= 4 is 17.6 Å². The summed E-state index contributed by atoms with van der Waals surface area (Å²) in [7, 11) is 0. The lowest BCUT2D eigenvalue weighted by molar-refractivity contribution is -0.125. The molecule has 1 atom stereocenters. The summed E-state index contributed by atoms with van der Waals surface area (Å²) in [5.41, 5.74) is 0.916. The first-order valence-electron chi connectivity index (χ1n) is 7.39. The Balaban J connectivity index is 2.19. The number of carbonyl (C=O) groups is 3. The Morgan fingerprint density at radius 3 is 2.21 bits per heavy atom. The molecular weight excluding hydrogens is 308 g/mol. The van der Waals surface area contributed by atoms with Gasteiger partial charge in [-0.05, 0) is 36.8 Å². The molecule has 1 unspecified atom stereocenters. The zero-order valence-corrected chi connectivity index (χ0v) is 13.2. The van der Waals surface area contributed by atoms with E-state index in [1.165, 1.54) is 31.2 Å². The van der Waals surface area contributed by atoms with Gasteiger partial charge >= 0.3 is 0 Å². The van der Waals surface area contributed by atoms with Gasteiger partial charge in [-0.15, -0.1) is 0 Å². The van der Waals surface area contributed by atoms with E-state index >= 15 is 0 Å². The van der Waals surface area contributed by atoms with Gasteiger partial charge in [-0.2, -0.15) is 0 Å². The number of hydrogen-bond donors (Lipinski definition) is 3. The van der Waals surface area contributed by atoms with Gasteiger partial charge < -0.3 is 15.7 Å². The molecule has 0 aliphatic heterocycles. The van der Waals surface area contributed by atoms with E-state index in [0.29, 0.717) is 11.1 Å². The molecule has 0 spiro atoms. The average molecular weight is 326 g/mol. The lowest BCUT2D eigenvalue weighted by atomic mass is 10.1. The molecule has 0 fully saturated rings. The topological polar surface area (TPSA) is 95.5 Å². The van der Waals surface area contributed by atoms with Gasteiger partial charge in [0.2, 0.25) is 5.91 Å². The number of rotatable bonds is 6. The fourth-order valence-corrected chi connectivity index (χ4v) is 2.09. The fraction of sp³-hybridized carbons (Fsp3) is 0.167. The molecule has 2 amide bonds. The van der Waals surface area contributed by atoms with E-state index in [0.717, 1.165) is 0 Å².